The van der Waals surface area contributed by atoms with Crippen LogP contribution in [0.2, 0.25) is 0 Å². The van der Waals surface area contributed by atoms with Crippen LogP contribution in [0.5, 0.6) is 5.75 Å². The number of aromatic nitrogens is 1. The number of aliphatic hydroxyl groups excluding tert-OH is 1. The summed E-state index contributed by atoms with van der Waals surface area (Å²) in [7, 11) is -3.48. The van der Waals surface area contributed by atoms with Crippen LogP contribution in [0.25, 0.3) is 11.1 Å². The molecule has 1 aromatic heterocycles. The number of aliphatic hydroxyl groups is 1. The molecule has 1 atom stereocenters. The highest BCUT2D eigenvalue weighted by Gasteiger charge is 2.33. The predicted octanol–water partition coefficient (Wildman–Crippen LogP) is 2.66. The summed E-state index contributed by atoms with van der Waals surface area (Å²) in [6.07, 6.45) is 3.56. The van der Waals surface area contributed by atoms with Crippen molar-refractivity contribution in [3.8, 4) is 16.9 Å². The minimum Gasteiger partial charge on any atom is -0.484 e. The predicted molar refractivity (Wildman–Crippen MR) is 102 cm³/mol. The molecule has 2 aromatic rings. The number of sulfonamides is 1. The highest BCUT2D eigenvalue weighted by molar-refractivity contribution is 7.92. The number of benzene rings is 1. The molecule has 0 spiro atoms. The highest BCUT2D eigenvalue weighted by atomic mass is 32.2. The molecule has 0 bridgehead atoms. The summed E-state index contributed by atoms with van der Waals surface area (Å²) in [4.78, 5) is 4.20. The van der Waals surface area contributed by atoms with E-state index in [9.17, 15) is 13.5 Å². The molecule has 2 heterocycles. The smallest absolute Gasteiger partial charge is 0.235 e. The number of anilines is 1. The van der Waals surface area contributed by atoms with Gasteiger partial charge in [0.2, 0.25) is 10.0 Å². The molecule has 0 amide bonds. The number of ether oxygens (including phenoxy) is 1. The van der Waals surface area contributed by atoms with Gasteiger partial charge < -0.3 is 9.84 Å². The first kappa shape index (κ1) is 18.7. The van der Waals surface area contributed by atoms with Gasteiger partial charge in [0.25, 0.3) is 0 Å². The first-order valence-electron chi connectivity index (χ1n) is 8.71. The summed E-state index contributed by atoms with van der Waals surface area (Å²) < 4.78 is 32.7. The fraction of sp³-hybridized carbons (Fsp3) is 0.421. The van der Waals surface area contributed by atoms with Gasteiger partial charge >= 0.3 is 0 Å². The van der Waals surface area contributed by atoms with Crippen molar-refractivity contribution in [1.29, 1.82) is 0 Å². The van der Waals surface area contributed by atoms with Crippen molar-refractivity contribution >= 4 is 15.7 Å². The molecule has 1 aliphatic rings. The van der Waals surface area contributed by atoms with Gasteiger partial charge in [-0.25, -0.2) is 8.42 Å². The fourth-order valence-electron chi connectivity index (χ4n) is 3.35. The van der Waals surface area contributed by atoms with Crippen LogP contribution in [0.4, 0.5) is 5.69 Å². The van der Waals surface area contributed by atoms with E-state index in [0.29, 0.717) is 17.9 Å². The molecular weight excluding hydrogens is 352 g/mol. The SMILES string of the molecule is CCCS(=O)(=O)N1CC(CO)Oc2ccc(-c3c(C)cncc3C)cc21. The number of fused-ring (bicyclic) bond motifs is 1. The summed E-state index contributed by atoms with van der Waals surface area (Å²) in [5.41, 5.74) is 4.54. The number of nitrogens with zero attached hydrogens (tertiary/aromatic N) is 2. The van der Waals surface area contributed by atoms with Crippen molar-refractivity contribution in [2.24, 2.45) is 0 Å². The van der Waals surface area contributed by atoms with Crippen molar-refractivity contribution in [3.05, 3.63) is 41.7 Å². The Kier molecular flexibility index (Phi) is 5.20. The molecule has 1 aromatic carbocycles. The highest BCUT2D eigenvalue weighted by Crippen LogP contribution is 2.39. The summed E-state index contributed by atoms with van der Waals surface area (Å²) in [5.74, 6) is 0.533. The molecule has 1 aliphatic heterocycles. The van der Waals surface area contributed by atoms with Crippen LogP contribution in [0.15, 0.2) is 30.6 Å². The van der Waals surface area contributed by atoms with Gasteiger partial charge in [0.15, 0.2) is 0 Å². The maximum absolute atomic E-state index is 12.8. The lowest BCUT2D eigenvalue weighted by molar-refractivity contribution is 0.116. The molecule has 3 rings (SSSR count). The molecular formula is C19H24N2O4S. The van der Waals surface area contributed by atoms with Gasteiger partial charge in [0, 0.05) is 12.4 Å². The summed E-state index contributed by atoms with van der Waals surface area (Å²) in [6.45, 7) is 5.69. The van der Waals surface area contributed by atoms with Gasteiger partial charge in [-0.15, -0.1) is 0 Å². The number of hydrogen-bond acceptors (Lipinski definition) is 5. The number of pyridine rings is 1. The largest absolute Gasteiger partial charge is 0.484 e. The number of rotatable bonds is 5. The lowest BCUT2D eigenvalue weighted by Gasteiger charge is -2.35. The van der Waals surface area contributed by atoms with Crippen LogP contribution in [0.3, 0.4) is 0 Å². The average Bonchev–Trinajstić information content (AvgIpc) is 2.60. The van der Waals surface area contributed by atoms with Gasteiger partial charge in [0.1, 0.15) is 11.9 Å². The Balaban J connectivity index is 2.14. The molecule has 0 aliphatic carbocycles. The Morgan fingerprint density at radius 2 is 1.96 bits per heavy atom. The topological polar surface area (TPSA) is 79.7 Å². The zero-order valence-corrected chi connectivity index (χ0v) is 16.1. The van der Waals surface area contributed by atoms with Crippen molar-refractivity contribution < 1.29 is 18.3 Å². The van der Waals surface area contributed by atoms with Gasteiger partial charge in [-0.2, -0.15) is 0 Å². The third-order valence-electron chi connectivity index (χ3n) is 4.51. The first-order valence-corrected chi connectivity index (χ1v) is 10.3. The summed E-state index contributed by atoms with van der Waals surface area (Å²) >= 11 is 0. The molecule has 140 valence electrons. The Labute approximate surface area is 154 Å². The standard InChI is InChI=1S/C19H24N2O4S/c1-4-7-26(23,24)21-11-16(12-22)25-18-6-5-15(8-17(18)21)19-13(2)9-20-10-14(19)3/h5-6,8-10,16,22H,4,7,11-12H2,1-3H3. The number of hydrogen-bond donors (Lipinski definition) is 1. The first-order chi connectivity index (χ1) is 12.4. The Hall–Kier alpha value is -2.12. The third-order valence-corrected chi connectivity index (χ3v) is 6.45. The van der Waals surface area contributed by atoms with E-state index in [0.717, 1.165) is 22.3 Å². The zero-order chi connectivity index (χ0) is 18.9. The number of aryl methyl sites for hydroxylation is 2. The summed E-state index contributed by atoms with van der Waals surface area (Å²) in [6, 6.07) is 5.55. The van der Waals surface area contributed by atoms with E-state index in [2.05, 4.69) is 4.98 Å². The summed E-state index contributed by atoms with van der Waals surface area (Å²) in [5, 5.41) is 9.48. The molecule has 26 heavy (non-hydrogen) atoms. The maximum atomic E-state index is 12.8. The molecule has 0 saturated carbocycles. The van der Waals surface area contributed by atoms with Crippen LogP contribution in [-0.4, -0.2) is 43.5 Å². The van der Waals surface area contributed by atoms with E-state index in [1.807, 2.05) is 32.9 Å². The Bertz CT molecular complexity index is 892. The van der Waals surface area contributed by atoms with Crippen LogP contribution in [0.1, 0.15) is 24.5 Å². The van der Waals surface area contributed by atoms with Gasteiger partial charge in [-0.05, 0) is 54.7 Å². The molecule has 1 N–H and O–H groups in total. The van der Waals surface area contributed by atoms with E-state index >= 15 is 0 Å². The van der Waals surface area contributed by atoms with Crippen molar-refractivity contribution in [1.82, 2.24) is 4.98 Å². The van der Waals surface area contributed by atoms with E-state index in [1.165, 1.54) is 4.31 Å². The minimum atomic E-state index is -3.48. The second kappa shape index (κ2) is 7.25. The van der Waals surface area contributed by atoms with Crippen LogP contribution < -0.4 is 9.04 Å². The minimum absolute atomic E-state index is 0.0577. The van der Waals surface area contributed by atoms with Crippen molar-refractivity contribution in [2.75, 3.05) is 23.2 Å². The van der Waals surface area contributed by atoms with Crippen LogP contribution in [-0.2, 0) is 10.0 Å². The molecule has 0 radical (unpaired) electrons. The van der Waals surface area contributed by atoms with Crippen LogP contribution >= 0.6 is 0 Å². The van der Waals surface area contributed by atoms with Gasteiger partial charge in [-0.1, -0.05) is 13.0 Å². The lowest BCUT2D eigenvalue weighted by Crippen LogP contribution is -2.45. The molecule has 1 unspecified atom stereocenters. The zero-order valence-electron chi connectivity index (χ0n) is 15.3. The quantitative estimate of drug-likeness (QED) is 0.868. The van der Waals surface area contributed by atoms with Crippen LogP contribution in [0, 0.1) is 13.8 Å². The van der Waals surface area contributed by atoms with Gasteiger partial charge in [-0.3, -0.25) is 9.29 Å². The molecule has 6 nitrogen and oxygen atoms in total. The lowest BCUT2D eigenvalue weighted by atomic mass is 9.97. The van der Waals surface area contributed by atoms with E-state index in [-0.39, 0.29) is 18.9 Å². The molecule has 7 heteroatoms. The Morgan fingerprint density at radius 1 is 1.27 bits per heavy atom. The molecule has 0 saturated heterocycles. The van der Waals surface area contributed by atoms with Crippen molar-refractivity contribution in [3.63, 3.8) is 0 Å². The fourth-order valence-corrected chi connectivity index (χ4v) is 4.92. The normalized spacial score (nSPS) is 16.9. The van der Waals surface area contributed by atoms with E-state index < -0.39 is 16.1 Å². The van der Waals surface area contributed by atoms with E-state index in [4.69, 9.17) is 4.74 Å². The Morgan fingerprint density at radius 3 is 2.58 bits per heavy atom. The second-order valence-electron chi connectivity index (χ2n) is 6.60. The average molecular weight is 376 g/mol. The third kappa shape index (κ3) is 3.41. The maximum Gasteiger partial charge on any atom is 0.235 e. The van der Waals surface area contributed by atoms with Crippen molar-refractivity contribution in [2.45, 2.75) is 33.3 Å². The van der Waals surface area contributed by atoms with Gasteiger partial charge in [0.05, 0.1) is 24.6 Å². The molecule has 0 fully saturated rings. The monoisotopic (exact) mass is 376 g/mol. The second-order valence-corrected chi connectivity index (χ2v) is 8.61. The van der Waals surface area contributed by atoms with E-state index in [1.54, 1.807) is 18.5 Å².